The number of amides is 2. The normalized spacial score (nSPS) is 13.0. The molecule has 0 spiro atoms. The van der Waals surface area contributed by atoms with Gasteiger partial charge in [-0.25, -0.2) is 4.98 Å². The second-order valence-electron chi connectivity index (χ2n) is 6.51. The van der Waals surface area contributed by atoms with Crippen LogP contribution in [-0.4, -0.2) is 26.3 Å². The first-order valence-electron chi connectivity index (χ1n) is 8.84. The summed E-state index contributed by atoms with van der Waals surface area (Å²) in [5, 5.41) is 2.82. The topological polar surface area (TPSA) is 103 Å². The van der Waals surface area contributed by atoms with Crippen LogP contribution in [0.1, 0.15) is 39.4 Å². The molecule has 2 aromatic heterocycles. The maximum absolute atomic E-state index is 12.3. The highest BCUT2D eigenvalue weighted by Gasteiger charge is 2.15. The van der Waals surface area contributed by atoms with Gasteiger partial charge in [0.05, 0.1) is 5.56 Å². The first-order chi connectivity index (χ1) is 13.1. The molecule has 0 unspecified atom stereocenters. The fourth-order valence-corrected chi connectivity index (χ4v) is 3.25. The Bertz CT molecular complexity index is 990. The monoisotopic (exact) mass is 361 g/mol. The number of nitrogens with one attached hydrogen (secondary N) is 1. The number of fused-ring (bicyclic) bond motifs is 1. The zero-order valence-corrected chi connectivity index (χ0v) is 14.7. The summed E-state index contributed by atoms with van der Waals surface area (Å²) in [4.78, 5) is 31.8. The number of hydrogen-bond donors (Lipinski definition) is 2. The molecule has 27 heavy (non-hydrogen) atoms. The van der Waals surface area contributed by atoms with Gasteiger partial charge in [-0.2, -0.15) is 0 Å². The van der Waals surface area contributed by atoms with Crippen molar-refractivity contribution in [1.29, 1.82) is 0 Å². The number of rotatable bonds is 4. The van der Waals surface area contributed by atoms with Gasteiger partial charge in [-0.05, 0) is 55.7 Å². The molecule has 3 N–H and O–H groups in total. The third-order valence-electron chi connectivity index (χ3n) is 4.68. The highest BCUT2D eigenvalue weighted by molar-refractivity contribution is 6.04. The average Bonchev–Trinajstić information content (AvgIpc) is 3.13. The lowest BCUT2D eigenvalue weighted by atomic mass is 10.1. The molecular formula is C20H19N5O2. The Hall–Kier alpha value is -3.48. The number of anilines is 1. The smallest absolute Gasteiger partial charge is 0.267 e. The van der Waals surface area contributed by atoms with Gasteiger partial charge < -0.3 is 15.6 Å². The van der Waals surface area contributed by atoms with E-state index < -0.39 is 5.91 Å². The van der Waals surface area contributed by atoms with Gasteiger partial charge in [0.1, 0.15) is 11.5 Å². The zero-order chi connectivity index (χ0) is 18.8. The predicted octanol–water partition coefficient (Wildman–Crippen LogP) is 2.63. The number of hydrogen-bond acceptors (Lipinski definition) is 4. The van der Waals surface area contributed by atoms with Crippen LogP contribution in [0.2, 0.25) is 0 Å². The van der Waals surface area contributed by atoms with Gasteiger partial charge in [0, 0.05) is 35.9 Å². The van der Waals surface area contributed by atoms with Crippen LogP contribution in [0, 0.1) is 0 Å². The van der Waals surface area contributed by atoms with E-state index in [-0.39, 0.29) is 11.6 Å². The Morgan fingerprint density at radius 1 is 1.00 bits per heavy atom. The van der Waals surface area contributed by atoms with Gasteiger partial charge in [-0.1, -0.05) is 0 Å². The van der Waals surface area contributed by atoms with Crippen molar-refractivity contribution in [2.24, 2.45) is 5.73 Å². The Balaban J connectivity index is 1.48. The number of nitrogens with two attached hydrogens (primary N) is 1. The van der Waals surface area contributed by atoms with Gasteiger partial charge >= 0.3 is 0 Å². The summed E-state index contributed by atoms with van der Waals surface area (Å²) in [6.07, 6.45) is 6.75. The van der Waals surface area contributed by atoms with E-state index in [1.807, 2.05) is 30.5 Å². The molecule has 0 aliphatic carbocycles. The largest absolute Gasteiger partial charge is 0.364 e. The van der Waals surface area contributed by atoms with Gasteiger partial charge in [0.15, 0.2) is 0 Å². The second kappa shape index (κ2) is 7.03. The summed E-state index contributed by atoms with van der Waals surface area (Å²) >= 11 is 0. The highest BCUT2D eigenvalue weighted by Crippen LogP contribution is 2.25. The molecule has 4 rings (SSSR count). The molecule has 0 saturated carbocycles. The van der Waals surface area contributed by atoms with Crippen molar-refractivity contribution >= 4 is 17.5 Å². The summed E-state index contributed by atoms with van der Waals surface area (Å²) in [5.41, 5.74) is 8.60. The molecule has 7 nitrogen and oxygen atoms in total. The summed E-state index contributed by atoms with van der Waals surface area (Å²) in [5.74, 6) is 0.0389. The lowest BCUT2D eigenvalue weighted by Gasteiger charge is -2.16. The molecular weight excluding hydrogens is 342 g/mol. The minimum absolute atomic E-state index is 0.124. The number of benzene rings is 1. The van der Waals surface area contributed by atoms with Gasteiger partial charge in [-0.3, -0.25) is 14.6 Å². The number of pyridine rings is 1. The van der Waals surface area contributed by atoms with Crippen LogP contribution < -0.4 is 11.1 Å². The van der Waals surface area contributed by atoms with Crippen molar-refractivity contribution in [2.45, 2.75) is 25.8 Å². The quantitative estimate of drug-likeness (QED) is 0.745. The van der Waals surface area contributed by atoms with E-state index in [4.69, 9.17) is 5.73 Å². The molecule has 0 fully saturated rings. The Morgan fingerprint density at radius 2 is 1.81 bits per heavy atom. The minimum Gasteiger partial charge on any atom is -0.364 e. The van der Waals surface area contributed by atoms with Gasteiger partial charge in [0.25, 0.3) is 11.8 Å². The lowest BCUT2D eigenvalue weighted by molar-refractivity contribution is 0.0990. The van der Waals surface area contributed by atoms with Crippen LogP contribution in [0.3, 0.4) is 0 Å². The molecule has 0 saturated heterocycles. The van der Waals surface area contributed by atoms with E-state index in [9.17, 15) is 9.59 Å². The number of carbonyl (C=O) groups is 2. The van der Waals surface area contributed by atoms with E-state index >= 15 is 0 Å². The van der Waals surface area contributed by atoms with E-state index in [0.717, 1.165) is 24.4 Å². The third kappa shape index (κ3) is 3.44. The molecule has 1 aliphatic rings. The zero-order valence-electron chi connectivity index (χ0n) is 14.7. The molecule has 0 radical (unpaired) electrons. The average molecular weight is 361 g/mol. The van der Waals surface area contributed by atoms with Crippen molar-refractivity contribution < 1.29 is 9.59 Å². The molecule has 3 aromatic rings. The predicted molar refractivity (Wildman–Crippen MR) is 101 cm³/mol. The first kappa shape index (κ1) is 17.0. The van der Waals surface area contributed by atoms with Crippen molar-refractivity contribution in [3.8, 4) is 11.4 Å². The fourth-order valence-electron chi connectivity index (χ4n) is 3.25. The van der Waals surface area contributed by atoms with Crippen LogP contribution in [0.25, 0.3) is 11.4 Å². The summed E-state index contributed by atoms with van der Waals surface area (Å²) in [6, 6.07) is 10.6. The number of aryl methyl sites for hydroxylation is 1. The number of aromatic nitrogens is 3. The van der Waals surface area contributed by atoms with Crippen molar-refractivity contribution in [3.05, 3.63) is 65.7 Å². The number of carbonyl (C=O) groups excluding carboxylic acids is 2. The maximum atomic E-state index is 12.3. The van der Waals surface area contributed by atoms with Crippen LogP contribution in [0.4, 0.5) is 5.69 Å². The molecule has 1 aromatic carbocycles. The van der Waals surface area contributed by atoms with Crippen LogP contribution in [0.15, 0.2) is 48.8 Å². The second-order valence-corrected chi connectivity index (χ2v) is 6.51. The lowest BCUT2D eigenvalue weighted by Crippen LogP contribution is -2.15. The van der Waals surface area contributed by atoms with E-state index in [2.05, 4.69) is 19.9 Å². The van der Waals surface area contributed by atoms with Gasteiger partial charge in [-0.15, -0.1) is 0 Å². The molecule has 1 aliphatic heterocycles. The molecule has 0 atom stereocenters. The number of nitrogens with zero attached hydrogens (tertiary/aromatic N) is 3. The first-order valence-corrected chi connectivity index (χ1v) is 8.84. The third-order valence-corrected chi connectivity index (χ3v) is 4.68. The van der Waals surface area contributed by atoms with Crippen molar-refractivity contribution in [1.82, 2.24) is 14.5 Å². The number of primary amides is 1. The Kier molecular flexibility index (Phi) is 4.42. The Morgan fingerprint density at radius 3 is 2.52 bits per heavy atom. The molecule has 0 bridgehead atoms. The molecule has 2 amide bonds. The van der Waals surface area contributed by atoms with E-state index in [1.165, 1.54) is 36.9 Å². The highest BCUT2D eigenvalue weighted by atomic mass is 16.2. The Labute approximate surface area is 156 Å². The van der Waals surface area contributed by atoms with Crippen molar-refractivity contribution in [2.75, 3.05) is 5.32 Å². The minimum atomic E-state index is -0.626. The molecule has 3 heterocycles. The molecule has 136 valence electrons. The summed E-state index contributed by atoms with van der Waals surface area (Å²) < 4.78 is 2.27. The summed E-state index contributed by atoms with van der Waals surface area (Å²) in [6.45, 7) is 0.997. The van der Waals surface area contributed by atoms with Crippen LogP contribution in [-0.2, 0) is 13.0 Å². The van der Waals surface area contributed by atoms with Crippen LogP contribution >= 0.6 is 0 Å². The summed E-state index contributed by atoms with van der Waals surface area (Å²) in [7, 11) is 0. The van der Waals surface area contributed by atoms with E-state index in [0.29, 0.717) is 11.3 Å². The molecule has 7 heteroatoms. The number of imidazole rings is 1. The van der Waals surface area contributed by atoms with Crippen molar-refractivity contribution in [3.63, 3.8) is 0 Å². The fraction of sp³-hybridized carbons (Fsp3) is 0.200. The SMILES string of the molecule is NC(=O)c1ccc(C(=O)Nc2ccc(-c3ncc4n3CCCC4)cc2)cn1. The van der Waals surface area contributed by atoms with E-state index in [1.54, 1.807) is 0 Å². The van der Waals surface area contributed by atoms with Gasteiger partial charge in [0.2, 0.25) is 0 Å². The van der Waals surface area contributed by atoms with Crippen LogP contribution in [0.5, 0.6) is 0 Å². The standard InChI is InChI=1S/C20H19N5O2/c21-18(26)17-9-6-14(11-22-17)20(27)24-15-7-4-13(5-8-15)19-23-12-16-3-1-2-10-25(16)19/h4-9,11-12H,1-3,10H2,(H2,21,26)(H,24,27). The maximum Gasteiger partial charge on any atom is 0.267 e.